The number of hydrogen-bond donors (Lipinski definition) is 0. The molecule has 3 aromatic heterocycles. The number of benzene rings is 1. The Morgan fingerprint density at radius 2 is 1.96 bits per heavy atom. The van der Waals surface area contributed by atoms with E-state index in [1.54, 1.807) is 12.4 Å². The zero-order valence-corrected chi connectivity index (χ0v) is 14.1. The van der Waals surface area contributed by atoms with E-state index in [0.29, 0.717) is 28.6 Å². The van der Waals surface area contributed by atoms with Gasteiger partial charge in [-0.3, -0.25) is 4.98 Å². The summed E-state index contributed by atoms with van der Waals surface area (Å²) in [6.07, 6.45) is 3.37. The quantitative estimate of drug-likeness (QED) is 0.502. The molecule has 4 rings (SSSR count). The molecule has 8 heteroatoms. The van der Waals surface area contributed by atoms with Crippen LogP contribution in [-0.4, -0.2) is 25.3 Å². The third-order valence-corrected chi connectivity index (χ3v) is 4.19. The summed E-state index contributed by atoms with van der Waals surface area (Å²) in [5.41, 5.74) is 2.82. The van der Waals surface area contributed by atoms with Crippen LogP contribution in [0.15, 0.2) is 63.0 Å². The third kappa shape index (κ3) is 3.58. The molecule has 124 valence electrons. The summed E-state index contributed by atoms with van der Waals surface area (Å²) < 4.78 is 10.9. The number of nitrogens with zero attached hydrogens (tertiary/aromatic N) is 5. The van der Waals surface area contributed by atoms with Crippen molar-refractivity contribution in [3.05, 3.63) is 60.2 Å². The minimum Gasteiger partial charge on any atom is -0.411 e. The topological polar surface area (TPSA) is 90.7 Å². The number of rotatable bonds is 5. The van der Waals surface area contributed by atoms with Gasteiger partial charge in [0.1, 0.15) is 0 Å². The molecule has 0 aliphatic rings. The van der Waals surface area contributed by atoms with Crippen molar-refractivity contribution >= 4 is 11.8 Å². The zero-order chi connectivity index (χ0) is 17.1. The van der Waals surface area contributed by atoms with E-state index in [4.69, 9.17) is 8.94 Å². The Morgan fingerprint density at radius 1 is 1.04 bits per heavy atom. The van der Waals surface area contributed by atoms with Crippen LogP contribution in [0, 0.1) is 6.92 Å². The van der Waals surface area contributed by atoms with Crippen molar-refractivity contribution in [3.8, 4) is 22.9 Å². The molecule has 0 N–H and O–H groups in total. The van der Waals surface area contributed by atoms with E-state index in [9.17, 15) is 0 Å². The number of pyridine rings is 1. The monoisotopic (exact) mass is 351 g/mol. The second kappa shape index (κ2) is 6.86. The molecule has 7 nitrogen and oxygen atoms in total. The van der Waals surface area contributed by atoms with Gasteiger partial charge in [-0.25, -0.2) is 0 Å². The van der Waals surface area contributed by atoms with E-state index < -0.39 is 0 Å². The minimum atomic E-state index is 0.434. The highest BCUT2D eigenvalue weighted by Crippen LogP contribution is 2.25. The summed E-state index contributed by atoms with van der Waals surface area (Å²) in [4.78, 5) is 8.44. The van der Waals surface area contributed by atoms with Gasteiger partial charge in [-0.05, 0) is 31.2 Å². The highest BCUT2D eigenvalue weighted by Gasteiger charge is 2.13. The van der Waals surface area contributed by atoms with Gasteiger partial charge in [0.15, 0.2) is 5.82 Å². The first kappa shape index (κ1) is 15.5. The summed E-state index contributed by atoms with van der Waals surface area (Å²) in [7, 11) is 0. The molecule has 0 unspecified atom stereocenters. The molecule has 0 aliphatic heterocycles. The molecule has 0 saturated carbocycles. The average Bonchev–Trinajstić information content (AvgIpc) is 3.30. The highest BCUT2D eigenvalue weighted by atomic mass is 32.2. The molecule has 0 radical (unpaired) electrons. The number of aromatic nitrogens is 5. The lowest BCUT2D eigenvalue weighted by Crippen LogP contribution is -1.84. The molecule has 0 fully saturated rings. The van der Waals surface area contributed by atoms with E-state index in [-0.39, 0.29) is 0 Å². The van der Waals surface area contributed by atoms with Crippen LogP contribution >= 0.6 is 11.8 Å². The molecule has 0 spiro atoms. The maximum Gasteiger partial charge on any atom is 0.277 e. The molecule has 1 aromatic carbocycles. The van der Waals surface area contributed by atoms with Crippen molar-refractivity contribution < 1.29 is 8.94 Å². The van der Waals surface area contributed by atoms with E-state index in [1.807, 2.05) is 43.3 Å². The van der Waals surface area contributed by atoms with Gasteiger partial charge >= 0.3 is 0 Å². The Hall–Kier alpha value is -3.00. The molecule has 4 aromatic rings. The van der Waals surface area contributed by atoms with Crippen LogP contribution in [0.3, 0.4) is 0 Å². The first-order valence-electron chi connectivity index (χ1n) is 7.54. The van der Waals surface area contributed by atoms with Gasteiger partial charge < -0.3 is 8.94 Å². The number of hydrogen-bond acceptors (Lipinski definition) is 8. The first-order chi connectivity index (χ1) is 12.3. The smallest absolute Gasteiger partial charge is 0.277 e. The molecule has 25 heavy (non-hydrogen) atoms. The van der Waals surface area contributed by atoms with Crippen molar-refractivity contribution in [1.82, 2.24) is 25.3 Å². The van der Waals surface area contributed by atoms with Gasteiger partial charge in [0.2, 0.25) is 5.89 Å². The van der Waals surface area contributed by atoms with Crippen molar-refractivity contribution in [2.45, 2.75) is 17.9 Å². The van der Waals surface area contributed by atoms with E-state index in [1.165, 1.54) is 11.8 Å². The zero-order valence-electron chi connectivity index (χ0n) is 13.3. The molecule has 0 aliphatic carbocycles. The average molecular weight is 351 g/mol. The second-order valence-corrected chi connectivity index (χ2v) is 6.22. The lowest BCUT2D eigenvalue weighted by molar-refractivity contribution is 0.425. The summed E-state index contributed by atoms with van der Waals surface area (Å²) in [6, 6.07) is 11.6. The van der Waals surface area contributed by atoms with Crippen molar-refractivity contribution in [3.63, 3.8) is 0 Å². The van der Waals surface area contributed by atoms with Gasteiger partial charge in [0.25, 0.3) is 11.1 Å². The molecule has 0 atom stereocenters. The van der Waals surface area contributed by atoms with E-state index in [0.717, 1.165) is 16.7 Å². The molecule has 0 saturated heterocycles. The Morgan fingerprint density at radius 3 is 2.80 bits per heavy atom. The summed E-state index contributed by atoms with van der Waals surface area (Å²) >= 11 is 1.36. The van der Waals surface area contributed by atoms with Gasteiger partial charge in [-0.15, -0.1) is 10.2 Å². The molecule has 0 bridgehead atoms. The van der Waals surface area contributed by atoms with Gasteiger partial charge in [0, 0.05) is 18.0 Å². The van der Waals surface area contributed by atoms with Gasteiger partial charge in [0.05, 0.1) is 11.3 Å². The van der Waals surface area contributed by atoms with Crippen molar-refractivity contribution in [2.24, 2.45) is 0 Å². The van der Waals surface area contributed by atoms with Gasteiger partial charge in [-0.2, -0.15) is 4.98 Å². The highest BCUT2D eigenvalue weighted by molar-refractivity contribution is 7.98. The molecular weight excluding hydrogens is 338 g/mol. The van der Waals surface area contributed by atoms with Crippen LogP contribution in [0.1, 0.15) is 11.4 Å². The molecule has 3 heterocycles. The summed E-state index contributed by atoms with van der Waals surface area (Å²) in [5, 5.41) is 12.5. The van der Waals surface area contributed by atoms with Crippen molar-refractivity contribution in [2.75, 3.05) is 0 Å². The SMILES string of the molecule is Cc1cccc(-c2nc(CSc3nnc(-c4cccnc4)o3)no2)c1. The number of thioether (sulfide) groups is 1. The van der Waals surface area contributed by atoms with Crippen LogP contribution in [0.5, 0.6) is 0 Å². The third-order valence-electron chi connectivity index (χ3n) is 3.37. The Balaban J connectivity index is 1.43. The normalized spacial score (nSPS) is 10.9. The fourth-order valence-corrected chi connectivity index (χ4v) is 2.81. The largest absolute Gasteiger partial charge is 0.411 e. The Labute approximate surface area is 147 Å². The maximum absolute atomic E-state index is 5.61. The van der Waals surface area contributed by atoms with Crippen LogP contribution in [-0.2, 0) is 5.75 Å². The fourth-order valence-electron chi connectivity index (χ4n) is 2.21. The predicted molar refractivity (Wildman–Crippen MR) is 91.6 cm³/mol. The summed E-state index contributed by atoms with van der Waals surface area (Å²) in [5.74, 6) is 1.98. The second-order valence-electron chi connectivity index (χ2n) is 5.29. The lowest BCUT2D eigenvalue weighted by Gasteiger charge is -1.95. The molecule has 0 amide bonds. The lowest BCUT2D eigenvalue weighted by atomic mass is 10.1. The van der Waals surface area contributed by atoms with Crippen LogP contribution in [0.2, 0.25) is 0 Å². The minimum absolute atomic E-state index is 0.434. The number of aryl methyl sites for hydroxylation is 1. The summed E-state index contributed by atoms with van der Waals surface area (Å²) in [6.45, 7) is 2.02. The van der Waals surface area contributed by atoms with E-state index >= 15 is 0 Å². The van der Waals surface area contributed by atoms with E-state index in [2.05, 4.69) is 25.3 Å². The predicted octanol–water partition coefficient (Wildman–Crippen LogP) is 3.78. The molecular formula is C17H13N5O2S. The maximum atomic E-state index is 5.61. The standard InChI is InChI=1S/C17H13N5O2S/c1-11-4-2-5-12(8-11)15-19-14(22-24-15)10-25-17-21-20-16(23-17)13-6-3-7-18-9-13/h2-9H,10H2,1H3. The Bertz CT molecular complexity index is 983. The van der Waals surface area contributed by atoms with Crippen LogP contribution < -0.4 is 0 Å². The first-order valence-corrected chi connectivity index (χ1v) is 8.53. The van der Waals surface area contributed by atoms with Gasteiger partial charge in [-0.1, -0.05) is 34.6 Å². The van der Waals surface area contributed by atoms with Crippen molar-refractivity contribution in [1.29, 1.82) is 0 Å². The Kier molecular flexibility index (Phi) is 4.26. The van der Waals surface area contributed by atoms with Crippen LogP contribution in [0.25, 0.3) is 22.9 Å². The van der Waals surface area contributed by atoms with Crippen LogP contribution in [0.4, 0.5) is 0 Å². The fraction of sp³-hybridized carbons (Fsp3) is 0.118.